The highest BCUT2D eigenvalue weighted by Crippen LogP contribution is 2.31. The van der Waals surface area contributed by atoms with Crippen LogP contribution >= 0.6 is 0 Å². The number of nitrogens with zero attached hydrogens (tertiary/aromatic N) is 1. The molecular weight excluding hydrogens is 234 g/mol. The van der Waals surface area contributed by atoms with Gasteiger partial charge in [0.2, 0.25) is 6.10 Å². The summed E-state index contributed by atoms with van der Waals surface area (Å²) in [5, 5.41) is 0. The van der Waals surface area contributed by atoms with Gasteiger partial charge in [0.25, 0.3) is 0 Å². The van der Waals surface area contributed by atoms with E-state index in [1.807, 2.05) is 13.8 Å². The van der Waals surface area contributed by atoms with Crippen molar-refractivity contribution in [3.63, 3.8) is 0 Å². The van der Waals surface area contributed by atoms with Crippen molar-refractivity contribution in [3.8, 4) is 0 Å². The lowest BCUT2D eigenvalue weighted by Gasteiger charge is -2.21. The largest absolute Gasteiger partial charge is 0.462 e. The van der Waals surface area contributed by atoms with Gasteiger partial charge in [-0.3, -0.25) is 4.98 Å². The second-order valence-corrected chi connectivity index (χ2v) is 5.02. The molecule has 1 atom stereocenters. The van der Waals surface area contributed by atoms with Gasteiger partial charge in [-0.15, -0.1) is 0 Å². The zero-order valence-corrected chi connectivity index (χ0v) is 10.6. The van der Waals surface area contributed by atoms with Crippen LogP contribution in [0.5, 0.6) is 0 Å². The number of rotatable bonds is 2. The summed E-state index contributed by atoms with van der Waals surface area (Å²) >= 11 is 0. The van der Waals surface area contributed by atoms with Gasteiger partial charge in [0.15, 0.2) is 0 Å². The Morgan fingerprint density at radius 1 is 1.56 bits per heavy atom. The van der Waals surface area contributed by atoms with Crippen LogP contribution in [-0.4, -0.2) is 29.6 Å². The molecule has 0 N–H and O–H groups in total. The average molecular weight is 249 g/mol. The van der Waals surface area contributed by atoms with E-state index < -0.39 is 23.5 Å². The molecule has 5 heteroatoms. The Balaban J connectivity index is 2.18. The van der Waals surface area contributed by atoms with Crippen LogP contribution in [0.1, 0.15) is 29.9 Å². The SMILES string of the molecule is Cc1ncccc1C(=O)O[C@H]1C(=O)OCC1(C)C. The molecule has 1 aromatic rings. The summed E-state index contributed by atoms with van der Waals surface area (Å²) in [6, 6.07) is 3.28. The maximum absolute atomic E-state index is 12.0. The molecule has 2 heterocycles. The van der Waals surface area contributed by atoms with Gasteiger partial charge in [-0.05, 0) is 19.1 Å². The number of aromatic nitrogens is 1. The molecule has 0 radical (unpaired) electrons. The van der Waals surface area contributed by atoms with Gasteiger partial charge in [-0.2, -0.15) is 0 Å². The molecule has 0 saturated carbocycles. The van der Waals surface area contributed by atoms with Crippen molar-refractivity contribution in [1.82, 2.24) is 4.98 Å². The molecule has 1 fully saturated rings. The third-order valence-corrected chi connectivity index (χ3v) is 2.96. The molecule has 0 unspecified atom stereocenters. The fourth-order valence-corrected chi connectivity index (χ4v) is 1.81. The quantitative estimate of drug-likeness (QED) is 0.743. The number of hydrogen-bond donors (Lipinski definition) is 0. The van der Waals surface area contributed by atoms with Crippen LogP contribution in [0, 0.1) is 12.3 Å². The first-order valence-electron chi connectivity index (χ1n) is 5.71. The van der Waals surface area contributed by atoms with E-state index in [1.165, 1.54) is 0 Å². The first-order chi connectivity index (χ1) is 8.42. The van der Waals surface area contributed by atoms with Crippen molar-refractivity contribution in [2.75, 3.05) is 6.61 Å². The molecule has 96 valence electrons. The lowest BCUT2D eigenvalue weighted by molar-refractivity contribution is -0.145. The molecule has 1 saturated heterocycles. The normalized spacial score (nSPS) is 21.5. The average Bonchev–Trinajstić information content (AvgIpc) is 2.56. The number of esters is 2. The van der Waals surface area contributed by atoms with E-state index in [4.69, 9.17) is 9.47 Å². The van der Waals surface area contributed by atoms with Crippen LogP contribution in [0.2, 0.25) is 0 Å². The first kappa shape index (κ1) is 12.5. The summed E-state index contributed by atoms with van der Waals surface area (Å²) in [6.45, 7) is 5.63. The molecule has 1 aliphatic heterocycles. The molecule has 2 rings (SSSR count). The molecule has 1 aliphatic rings. The molecule has 0 aliphatic carbocycles. The highest BCUT2D eigenvalue weighted by atomic mass is 16.6. The molecule has 0 aromatic carbocycles. The lowest BCUT2D eigenvalue weighted by atomic mass is 9.90. The minimum atomic E-state index is -0.857. The van der Waals surface area contributed by atoms with Gasteiger partial charge < -0.3 is 9.47 Å². The fraction of sp³-hybridized carbons (Fsp3) is 0.462. The Labute approximate surface area is 105 Å². The number of cyclic esters (lactones) is 1. The zero-order valence-electron chi connectivity index (χ0n) is 10.6. The lowest BCUT2D eigenvalue weighted by Crippen LogP contribution is -2.35. The summed E-state index contributed by atoms with van der Waals surface area (Å²) in [4.78, 5) is 27.5. The van der Waals surface area contributed by atoms with Crippen LogP contribution in [0.25, 0.3) is 0 Å². The predicted octanol–water partition coefficient (Wildman–Crippen LogP) is 1.50. The Kier molecular flexibility index (Phi) is 3.07. The van der Waals surface area contributed by atoms with E-state index in [9.17, 15) is 9.59 Å². The highest BCUT2D eigenvalue weighted by molar-refractivity contribution is 5.92. The zero-order chi connectivity index (χ0) is 13.3. The van der Waals surface area contributed by atoms with Crippen LogP contribution in [0.15, 0.2) is 18.3 Å². The van der Waals surface area contributed by atoms with E-state index in [2.05, 4.69) is 4.98 Å². The number of aryl methyl sites for hydroxylation is 1. The summed E-state index contributed by atoms with van der Waals surface area (Å²) in [5.74, 6) is -1.03. The van der Waals surface area contributed by atoms with E-state index in [0.29, 0.717) is 11.3 Å². The summed E-state index contributed by atoms with van der Waals surface area (Å²) < 4.78 is 10.2. The van der Waals surface area contributed by atoms with E-state index in [-0.39, 0.29) is 6.61 Å². The minimum Gasteiger partial charge on any atom is -0.462 e. The Hall–Kier alpha value is -1.91. The highest BCUT2D eigenvalue weighted by Gasteiger charge is 2.46. The van der Waals surface area contributed by atoms with Crippen molar-refractivity contribution < 1.29 is 19.1 Å². The molecular formula is C13H15NO4. The van der Waals surface area contributed by atoms with Crippen molar-refractivity contribution in [2.45, 2.75) is 26.9 Å². The predicted molar refractivity (Wildman–Crippen MR) is 62.9 cm³/mol. The number of carbonyl (C=O) groups is 2. The molecule has 5 nitrogen and oxygen atoms in total. The van der Waals surface area contributed by atoms with Crippen LogP contribution in [-0.2, 0) is 14.3 Å². The standard InChI is InChI=1S/C13H15NO4/c1-8-9(5-4-6-14-8)11(15)18-10-12(16)17-7-13(10,2)3/h4-6,10H,7H2,1-3H3/t10-/m0/s1. The Bertz CT molecular complexity index is 496. The number of ether oxygens (including phenoxy) is 2. The van der Waals surface area contributed by atoms with E-state index >= 15 is 0 Å². The number of pyridine rings is 1. The summed E-state index contributed by atoms with van der Waals surface area (Å²) in [7, 11) is 0. The van der Waals surface area contributed by atoms with Gasteiger partial charge in [0.1, 0.15) is 6.61 Å². The van der Waals surface area contributed by atoms with Gasteiger partial charge in [-0.25, -0.2) is 9.59 Å². The van der Waals surface area contributed by atoms with Gasteiger partial charge in [0.05, 0.1) is 11.3 Å². The van der Waals surface area contributed by atoms with Crippen molar-refractivity contribution in [1.29, 1.82) is 0 Å². The van der Waals surface area contributed by atoms with Gasteiger partial charge in [-0.1, -0.05) is 13.8 Å². The molecule has 0 spiro atoms. The maximum atomic E-state index is 12.0. The first-order valence-corrected chi connectivity index (χ1v) is 5.71. The van der Waals surface area contributed by atoms with Gasteiger partial charge in [0, 0.05) is 11.6 Å². The second kappa shape index (κ2) is 4.40. The third kappa shape index (κ3) is 2.20. The molecule has 18 heavy (non-hydrogen) atoms. The van der Waals surface area contributed by atoms with E-state index in [1.54, 1.807) is 25.3 Å². The Morgan fingerprint density at radius 2 is 2.28 bits per heavy atom. The molecule has 0 bridgehead atoms. The topological polar surface area (TPSA) is 65.5 Å². The minimum absolute atomic E-state index is 0.260. The molecule has 0 amide bonds. The number of hydrogen-bond acceptors (Lipinski definition) is 5. The second-order valence-electron chi connectivity index (χ2n) is 5.02. The molecule has 1 aromatic heterocycles. The maximum Gasteiger partial charge on any atom is 0.348 e. The summed E-state index contributed by atoms with van der Waals surface area (Å²) in [6.07, 6.45) is 0.740. The third-order valence-electron chi connectivity index (χ3n) is 2.96. The fourth-order valence-electron chi connectivity index (χ4n) is 1.81. The summed E-state index contributed by atoms with van der Waals surface area (Å²) in [5.41, 5.74) is 0.447. The van der Waals surface area contributed by atoms with Crippen molar-refractivity contribution in [3.05, 3.63) is 29.6 Å². The van der Waals surface area contributed by atoms with Crippen molar-refractivity contribution in [2.24, 2.45) is 5.41 Å². The smallest absolute Gasteiger partial charge is 0.348 e. The van der Waals surface area contributed by atoms with Crippen molar-refractivity contribution >= 4 is 11.9 Å². The Morgan fingerprint density at radius 3 is 2.83 bits per heavy atom. The van der Waals surface area contributed by atoms with Crippen LogP contribution < -0.4 is 0 Å². The van der Waals surface area contributed by atoms with Crippen LogP contribution in [0.4, 0.5) is 0 Å². The van der Waals surface area contributed by atoms with Crippen LogP contribution in [0.3, 0.4) is 0 Å². The van der Waals surface area contributed by atoms with Gasteiger partial charge >= 0.3 is 11.9 Å². The monoisotopic (exact) mass is 249 g/mol. The van der Waals surface area contributed by atoms with E-state index in [0.717, 1.165) is 0 Å². The number of carbonyl (C=O) groups excluding carboxylic acids is 2.